The number of amides is 1. The van der Waals surface area contributed by atoms with Crippen LogP contribution in [0.1, 0.15) is 75.2 Å². The van der Waals surface area contributed by atoms with Gasteiger partial charge in [0.15, 0.2) is 5.78 Å². The van der Waals surface area contributed by atoms with Crippen molar-refractivity contribution in [2.45, 2.75) is 72.8 Å². The van der Waals surface area contributed by atoms with Crippen LogP contribution in [0.3, 0.4) is 0 Å². The number of hydrogen-bond acceptors (Lipinski definition) is 4. The summed E-state index contributed by atoms with van der Waals surface area (Å²) < 4.78 is 5.25. The minimum Gasteiger partial charge on any atom is -0.444 e. The Hall–Kier alpha value is -1.36. The number of hydrogen-bond donors (Lipinski definition) is 1. The quantitative estimate of drug-likeness (QED) is 0.760. The van der Waals surface area contributed by atoms with Gasteiger partial charge < -0.3 is 4.74 Å². The summed E-state index contributed by atoms with van der Waals surface area (Å²) in [5.41, 5.74) is 1.26. The van der Waals surface area contributed by atoms with Crippen molar-refractivity contribution in [1.29, 1.82) is 0 Å². The number of fused-ring (bicyclic) bond motifs is 1. The third-order valence-corrected chi connectivity index (χ3v) is 4.35. The van der Waals surface area contributed by atoms with Gasteiger partial charge in [-0.25, -0.2) is 4.79 Å². The Labute approximate surface area is 137 Å². The van der Waals surface area contributed by atoms with Gasteiger partial charge in [0.25, 0.3) is 0 Å². The number of thiophene rings is 1. The number of carbonyl (C=O) groups is 2. The van der Waals surface area contributed by atoms with Crippen LogP contribution < -0.4 is 5.32 Å². The van der Waals surface area contributed by atoms with Crippen molar-refractivity contribution in [1.82, 2.24) is 0 Å². The highest BCUT2D eigenvalue weighted by atomic mass is 32.1. The molecule has 1 N–H and O–H groups in total. The molecule has 124 valence electrons. The molecule has 0 radical (unpaired) electrons. The van der Waals surface area contributed by atoms with Crippen molar-refractivity contribution in [2.24, 2.45) is 0 Å². The van der Waals surface area contributed by atoms with Gasteiger partial charge in [0.05, 0.1) is 5.56 Å². The number of anilines is 1. The van der Waals surface area contributed by atoms with E-state index >= 15 is 0 Å². The second kappa shape index (κ2) is 7.77. The lowest BCUT2D eigenvalue weighted by Gasteiger charge is -2.19. The number of carbonyl (C=O) groups excluding carboxylic acids is 2. The molecule has 0 atom stereocenters. The van der Waals surface area contributed by atoms with Gasteiger partial charge in [-0.1, -0.05) is 13.8 Å². The molecular weight excluding hydrogens is 298 g/mol. The Kier molecular flexibility index (Phi) is 6.60. The summed E-state index contributed by atoms with van der Waals surface area (Å²) in [6.07, 6.45) is 3.68. The summed E-state index contributed by atoms with van der Waals surface area (Å²) in [6.45, 7) is 11.0. The normalized spacial score (nSPS) is 13.5. The largest absolute Gasteiger partial charge is 0.444 e. The van der Waals surface area contributed by atoms with Crippen LogP contribution in [0.2, 0.25) is 0 Å². The van der Waals surface area contributed by atoms with Gasteiger partial charge in [-0.3, -0.25) is 10.1 Å². The van der Waals surface area contributed by atoms with E-state index in [4.69, 9.17) is 4.74 Å². The molecule has 0 aromatic carbocycles. The van der Waals surface area contributed by atoms with Crippen molar-refractivity contribution in [3.8, 4) is 0 Å². The van der Waals surface area contributed by atoms with Gasteiger partial charge >= 0.3 is 6.09 Å². The van der Waals surface area contributed by atoms with Crippen LogP contribution in [0.4, 0.5) is 9.80 Å². The standard InChI is InChI=1S/C15H21NO3S.C2H6/c1-9(17)12-10-7-5-6-8-11(10)20-13(12)16-14(18)19-15(2,3)4;1-2/h5-8H2,1-4H3,(H,16,18);1-2H3. The summed E-state index contributed by atoms with van der Waals surface area (Å²) in [6, 6.07) is 0. The molecule has 0 unspecified atom stereocenters. The van der Waals surface area contributed by atoms with Gasteiger partial charge in [-0.15, -0.1) is 11.3 Å². The fourth-order valence-electron chi connectivity index (χ4n) is 2.42. The Morgan fingerprint density at radius 2 is 1.73 bits per heavy atom. The lowest BCUT2D eigenvalue weighted by molar-refractivity contribution is 0.0636. The lowest BCUT2D eigenvalue weighted by atomic mass is 9.94. The third-order valence-electron chi connectivity index (χ3n) is 3.14. The highest BCUT2D eigenvalue weighted by Gasteiger charge is 2.25. The molecule has 22 heavy (non-hydrogen) atoms. The number of Topliss-reactive ketones (excluding diaryl/α,β-unsaturated/α-hetero) is 1. The summed E-state index contributed by atoms with van der Waals surface area (Å²) >= 11 is 1.51. The van der Waals surface area contributed by atoms with E-state index in [-0.39, 0.29) is 5.78 Å². The Morgan fingerprint density at radius 3 is 2.27 bits per heavy atom. The molecule has 0 spiro atoms. The van der Waals surface area contributed by atoms with Crippen molar-refractivity contribution < 1.29 is 14.3 Å². The molecule has 1 heterocycles. The van der Waals surface area contributed by atoms with Crippen molar-refractivity contribution in [3.63, 3.8) is 0 Å². The molecule has 0 fully saturated rings. The van der Waals surface area contributed by atoms with Crippen molar-refractivity contribution in [2.75, 3.05) is 5.32 Å². The minimum absolute atomic E-state index is 0.00968. The van der Waals surface area contributed by atoms with Gasteiger partial charge in [-0.05, 0) is 58.9 Å². The summed E-state index contributed by atoms with van der Waals surface area (Å²) in [5.74, 6) is 0.00968. The first-order chi connectivity index (χ1) is 10.3. The Balaban J connectivity index is 0.00000116. The summed E-state index contributed by atoms with van der Waals surface area (Å²) in [5, 5.41) is 3.38. The smallest absolute Gasteiger partial charge is 0.412 e. The fraction of sp³-hybridized carbons (Fsp3) is 0.647. The highest BCUT2D eigenvalue weighted by Crippen LogP contribution is 2.38. The monoisotopic (exact) mass is 325 g/mol. The van der Waals surface area contributed by atoms with Crippen LogP contribution in [0, 0.1) is 0 Å². The maximum atomic E-state index is 11.9. The first-order valence-electron chi connectivity index (χ1n) is 7.93. The number of aryl methyl sites for hydroxylation is 1. The molecule has 1 aromatic heterocycles. The zero-order chi connectivity index (χ0) is 16.9. The predicted octanol–water partition coefficient (Wildman–Crippen LogP) is 5.20. The average Bonchev–Trinajstić information content (AvgIpc) is 2.76. The van der Waals surface area contributed by atoms with Crippen LogP contribution in [-0.2, 0) is 17.6 Å². The van der Waals surface area contributed by atoms with Gasteiger partial charge in [0, 0.05) is 4.88 Å². The molecular formula is C17H27NO3S. The van der Waals surface area contributed by atoms with Crippen LogP contribution in [-0.4, -0.2) is 17.5 Å². The summed E-state index contributed by atoms with van der Waals surface area (Å²) in [7, 11) is 0. The first kappa shape index (κ1) is 18.7. The van der Waals surface area contributed by atoms with E-state index in [0.29, 0.717) is 10.6 Å². The maximum Gasteiger partial charge on any atom is 0.412 e. The van der Waals surface area contributed by atoms with Gasteiger partial charge in [-0.2, -0.15) is 0 Å². The van der Waals surface area contributed by atoms with Gasteiger partial charge in [0.2, 0.25) is 0 Å². The van der Waals surface area contributed by atoms with Crippen LogP contribution in [0.5, 0.6) is 0 Å². The minimum atomic E-state index is -0.544. The number of ketones is 1. The second-order valence-corrected chi connectivity index (χ2v) is 7.20. The molecule has 0 saturated carbocycles. The second-order valence-electron chi connectivity index (χ2n) is 6.10. The summed E-state index contributed by atoms with van der Waals surface area (Å²) in [4.78, 5) is 25.0. The molecule has 4 nitrogen and oxygen atoms in total. The molecule has 1 aliphatic carbocycles. The molecule has 0 aliphatic heterocycles. The highest BCUT2D eigenvalue weighted by molar-refractivity contribution is 7.17. The fourth-order valence-corrected chi connectivity index (χ4v) is 3.75. The van der Waals surface area contributed by atoms with Crippen molar-refractivity contribution in [3.05, 3.63) is 16.0 Å². The molecule has 5 heteroatoms. The molecule has 0 bridgehead atoms. The first-order valence-corrected chi connectivity index (χ1v) is 8.75. The Bertz CT molecular complexity index is 541. The zero-order valence-corrected chi connectivity index (χ0v) is 15.3. The number of rotatable bonds is 2. The van der Waals surface area contributed by atoms with Crippen LogP contribution in [0.15, 0.2) is 0 Å². The van der Waals surface area contributed by atoms with E-state index in [9.17, 15) is 9.59 Å². The van der Waals surface area contributed by atoms with Crippen molar-refractivity contribution >= 4 is 28.2 Å². The molecule has 0 saturated heterocycles. The van der Waals surface area contributed by atoms with E-state index in [1.54, 1.807) is 6.92 Å². The van der Waals surface area contributed by atoms with E-state index in [1.165, 1.54) is 16.2 Å². The maximum absolute atomic E-state index is 11.9. The van der Waals surface area contributed by atoms with Crippen LogP contribution in [0.25, 0.3) is 0 Å². The number of ether oxygens (including phenoxy) is 1. The van der Waals surface area contributed by atoms with Crippen LogP contribution >= 0.6 is 11.3 Å². The Morgan fingerprint density at radius 1 is 1.14 bits per heavy atom. The zero-order valence-electron chi connectivity index (χ0n) is 14.5. The van der Waals surface area contributed by atoms with E-state index in [0.717, 1.165) is 31.2 Å². The third kappa shape index (κ3) is 4.83. The van der Waals surface area contributed by atoms with Gasteiger partial charge in [0.1, 0.15) is 10.6 Å². The number of nitrogens with one attached hydrogen (secondary N) is 1. The van der Waals surface area contributed by atoms with E-state index in [2.05, 4.69) is 5.32 Å². The lowest BCUT2D eigenvalue weighted by Crippen LogP contribution is -2.27. The predicted molar refractivity (Wildman–Crippen MR) is 92.2 cm³/mol. The molecule has 2 rings (SSSR count). The average molecular weight is 325 g/mol. The topological polar surface area (TPSA) is 55.4 Å². The molecule has 1 aromatic rings. The van der Waals surface area contributed by atoms with E-state index in [1.807, 2.05) is 34.6 Å². The molecule has 1 amide bonds. The molecule has 1 aliphatic rings. The SMILES string of the molecule is CC.CC(=O)c1c(NC(=O)OC(C)(C)C)sc2c1CCCC2. The van der Waals surface area contributed by atoms with E-state index < -0.39 is 11.7 Å².